The highest BCUT2D eigenvalue weighted by molar-refractivity contribution is 7.07. The number of hydrogen-bond donors (Lipinski definition) is 2. The highest BCUT2D eigenvalue weighted by Gasteiger charge is 2.29. The average Bonchev–Trinajstić information content (AvgIpc) is 3.38. The van der Waals surface area contributed by atoms with Crippen LogP contribution in [0.1, 0.15) is 22.5 Å². The minimum absolute atomic E-state index is 0.169. The van der Waals surface area contributed by atoms with Crippen molar-refractivity contribution in [3.05, 3.63) is 64.8 Å². The van der Waals surface area contributed by atoms with E-state index in [4.69, 9.17) is 4.42 Å². The van der Waals surface area contributed by atoms with Gasteiger partial charge >= 0.3 is 0 Å². The maximum Gasteiger partial charge on any atom is 0.251 e. The average molecular weight is 383 g/mol. The number of nitrogens with one attached hydrogen (secondary N) is 1. The number of aliphatic hydroxyl groups excluding tert-OH is 1. The minimum Gasteiger partial charge on any atom is -0.464 e. The van der Waals surface area contributed by atoms with Gasteiger partial charge in [0.25, 0.3) is 5.91 Å². The number of piperidine rings is 1. The Balaban J connectivity index is 1.33. The molecule has 6 nitrogen and oxygen atoms in total. The van der Waals surface area contributed by atoms with Gasteiger partial charge in [-0.05, 0) is 30.7 Å². The molecule has 0 saturated carbocycles. The third-order valence-electron chi connectivity index (χ3n) is 4.80. The SMILES string of the molecule is O=C(N[C@@H]1CCN(Cc2cscn2)C[C@H]1O)c1ccc(-c2ccco2)cc1. The highest BCUT2D eigenvalue weighted by Crippen LogP contribution is 2.20. The minimum atomic E-state index is -0.594. The maximum absolute atomic E-state index is 12.5. The second-order valence-electron chi connectivity index (χ2n) is 6.71. The van der Waals surface area contributed by atoms with Crippen LogP contribution in [-0.4, -0.2) is 46.1 Å². The maximum atomic E-state index is 12.5. The molecule has 0 bridgehead atoms. The third kappa shape index (κ3) is 4.27. The molecular formula is C20H21N3O3S. The fraction of sp³-hybridized carbons (Fsp3) is 0.300. The lowest BCUT2D eigenvalue weighted by molar-refractivity contribution is 0.0346. The molecule has 1 fully saturated rings. The van der Waals surface area contributed by atoms with E-state index in [0.29, 0.717) is 18.5 Å². The number of benzene rings is 1. The molecule has 0 radical (unpaired) electrons. The van der Waals surface area contributed by atoms with Crippen molar-refractivity contribution in [2.24, 2.45) is 0 Å². The number of aromatic nitrogens is 1. The first-order valence-electron chi connectivity index (χ1n) is 8.91. The van der Waals surface area contributed by atoms with E-state index in [2.05, 4.69) is 15.2 Å². The van der Waals surface area contributed by atoms with E-state index in [9.17, 15) is 9.90 Å². The van der Waals surface area contributed by atoms with E-state index in [1.807, 2.05) is 35.2 Å². The van der Waals surface area contributed by atoms with Crippen molar-refractivity contribution in [1.82, 2.24) is 15.2 Å². The fourth-order valence-corrected chi connectivity index (χ4v) is 3.88. The molecule has 4 rings (SSSR count). The van der Waals surface area contributed by atoms with E-state index in [0.717, 1.165) is 30.1 Å². The van der Waals surface area contributed by atoms with Crippen LogP contribution >= 0.6 is 11.3 Å². The van der Waals surface area contributed by atoms with Gasteiger partial charge in [0.2, 0.25) is 0 Å². The van der Waals surface area contributed by atoms with Crippen LogP contribution in [0.3, 0.4) is 0 Å². The van der Waals surface area contributed by atoms with Crippen molar-refractivity contribution in [3.63, 3.8) is 0 Å². The number of hydrogen-bond acceptors (Lipinski definition) is 6. The van der Waals surface area contributed by atoms with Gasteiger partial charge in [-0.25, -0.2) is 4.98 Å². The first-order valence-corrected chi connectivity index (χ1v) is 9.85. The van der Waals surface area contributed by atoms with E-state index >= 15 is 0 Å². The van der Waals surface area contributed by atoms with Gasteiger partial charge in [0.1, 0.15) is 5.76 Å². The van der Waals surface area contributed by atoms with Gasteiger partial charge in [-0.2, -0.15) is 0 Å². The number of likely N-dealkylation sites (tertiary alicyclic amines) is 1. The van der Waals surface area contributed by atoms with Crippen LogP contribution in [0.25, 0.3) is 11.3 Å². The van der Waals surface area contributed by atoms with Crippen molar-refractivity contribution >= 4 is 17.2 Å². The first kappa shape index (κ1) is 17.9. The van der Waals surface area contributed by atoms with Gasteiger partial charge < -0.3 is 14.8 Å². The van der Waals surface area contributed by atoms with Crippen LogP contribution in [0.15, 0.2) is 58.0 Å². The van der Waals surface area contributed by atoms with E-state index < -0.39 is 6.10 Å². The number of thiazole rings is 1. The Morgan fingerprint density at radius 3 is 2.85 bits per heavy atom. The number of amides is 1. The lowest BCUT2D eigenvalue weighted by Crippen LogP contribution is -2.53. The summed E-state index contributed by atoms with van der Waals surface area (Å²) in [6, 6.07) is 10.7. The van der Waals surface area contributed by atoms with Gasteiger partial charge in [0, 0.05) is 36.1 Å². The Bertz CT molecular complexity index is 863. The number of carbonyl (C=O) groups excluding carboxylic acids is 1. The molecule has 3 heterocycles. The molecule has 2 atom stereocenters. The van der Waals surface area contributed by atoms with Crippen molar-refractivity contribution in [2.45, 2.75) is 25.1 Å². The number of nitrogens with zero attached hydrogens (tertiary/aromatic N) is 2. The standard InChI is InChI=1S/C20H21N3O3S/c24-18-11-23(10-16-12-27-13-21-16)8-7-17(18)22-20(25)15-5-3-14(4-6-15)19-2-1-9-26-19/h1-6,9,12-13,17-18,24H,7-8,10-11H2,(H,22,25)/t17-,18-/m1/s1. The molecule has 0 spiro atoms. The van der Waals surface area contributed by atoms with Crippen molar-refractivity contribution < 1.29 is 14.3 Å². The lowest BCUT2D eigenvalue weighted by atomic mass is 10.0. The zero-order valence-corrected chi connectivity index (χ0v) is 15.6. The molecule has 3 aromatic rings. The van der Waals surface area contributed by atoms with Crippen LogP contribution in [0, 0.1) is 0 Å². The van der Waals surface area contributed by atoms with Crippen LogP contribution in [0.4, 0.5) is 0 Å². The first-order chi connectivity index (χ1) is 13.2. The van der Waals surface area contributed by atoms with E-state index in [-0.39, 0.29) is 11.9 Å². The normalized spacial score (nSPS) is 20.5. The van der Waals surface area contributed by atoms with Gasteiger partial charge in [0.15, 0.2) is 0 Å². The molecule has 1 aromatic carbocycles. The Labute approximate surface area is 161 Å². The van der Waals surface area contributed by atoms with Crippen molar-refractivity contribution in [3.8, 4) is 11.3 Å². The number of rotatable bonds is 5. The predicted molar refractivity (Wildman–Crippen MR) is 103 cm³/mol. The Morgan fingerprint density at radius 1 is 1.33 bits per heavy atom. The third-order valence-corrected chi connectivity index (χ3v) is 5.44. The topological polar surface area (TPSA) is 78.6 Å². The van der Waals surface area contributed by atoms with Crippen molar-refractivity contribution in [1.29, 1.82) is 0 Å². The molecule has 7 heteroatoms. The fourth-order valence-electron chi connectivity index (χ4n) is 3.33. The molecule has 2 aromatic heterocycles. The van der Waals surface area contributed by atoms with E-state index in [1.54, 1.807) is 29.7 Å². The summed E-state index contributed by atoms with van der Waals surface area (Å²) in [5.41, 5.74) is 4.33. The van der Waals surface area contributed by atoms with Crippen LogP contribution in [0.5, 0.6) is 0 Å². The predicted octanol–water partition coefficient (Wildman–Crippen LogP) is 2.77. The molecule has 1 aliphatic heterocycles. The van der Waals surface area contributed by atoms with Crippen LogP contribution in [0.2, 0.25) is 0 Å². The molecule has 0 aliphatic carbocycles. The van der Waals surface area contributed by atoms with Crippen LogP contribution < -0.4 is 5.32 Å². The number of carbonyl (C=O) groups is 1. The second kappa shape index (κ2) is 8.04. The van der Waals surface area contributed by atoms with E-state index in [1.165, 1.54) is 0 Å². The summed E-state index contributed by atoms with van der Waals surface area (Å²) in [6.07, 6.45) is 1.74. The smallest absolute Gasteiger partial charge is 0.251 e. The summed E-state index contributed by atoms with van der Waals surface area (Å²) in [4.78, 5) is 19.0. The van der Waals surface area contributed by atoms with Gasteiger partial charge in [-0.15, -0.1) is 11.3 Å². The summed E-state index contributed by atoms with van der Waals surface area (Å²) in [6.45, 7) is 2.08. The molecule has 1 saturated heterocycles. The van der Waals surface area contributed by atoms with Crippen LogP contribution in [-0.2, 0) is 6.54 Å². The molecular weight excluding hydrogens is 362 g/mol. The molecule has 1 aliphatic rings. The zero-order valence-electron chi connectivity index (χ0n) is 14.7. The Hall–Kier alpha value is -2.48. The van der Waals surface area contributed by atoms with Gasteiger partial charge in [-0.1, -0.05) is 12.1 Å². The Morgan fingerprint density at radius 2 is 2.19 bits per heavy atom. The highest BCUT2D eigenvalue weighted by atomic mass is 32.1. The molecule has 2 N–H and O–H groups in total. The largest absolute Gasteiger partial charge is 0.464 e. The molecule has 140 valence electrons. The molecule has 27 heavy (non-hydrogen) atoms. The number of furan rings is 1. The summed E-state index contributed by atoms with van der Waals surface area (Å²) in [7, 11) is 0. The van der Waals surface area contributed by atoms with Crippen molar-refractivity contribution in [2.75, 3.05) is 13.1 Å². The number of aliphatic hydroxyl groups is 1. The summed E-state index contributed by atoms with van der Waals surface area (Å²) in [5.74, 6) is 0.600. The summed E-state index contributed by atoms with van der Waals surface area (Å²) >= 11 is 1.57. The monoisotopic (exact) mass is 383 g/mol. The van der Waals surface area contributed by atoms with Gasteiger partial charge in [-0.3, -0.25) is 9.69 Å². The number of β-amino-alcohol motifs (C(OH)–C–C–N with tert-alkyl or cyclic N) is 1. The zero-order chi connectivity index (χ0) is 18.6. The Kier molecular flexibility index (Phi) is 5.33. The quantitative estimate of drug-likeness (QED) is 0.708. The van der Waals surface area contributed by atoms with Gasteiger partial charge in [0.05, 0.1) is 29.6 Å². The summed E-state index contributed by atoms with van der Waals surface area (Å²) in [5, 5.41) is 15.4. The molecule has 0 unspecified atom stereocenters. The molecule has 1 amide bonds. The summed E-state index contributed by atoms with van der Waals surface area (Å²) < 4.78 is 5.36. The lowest BCUT2D eigenvalue weighted by Gasteiger charge is -2.35. The second-order valence-corrected chi connectivity index (χ2v) is 7.42.